The number of hydrogen-bond donors (Lipinski definition) is 1. The fourth-order valence-corrected chi connectivity index (χ4v) is 4.82. The fourth-order valence-electron chi connectivity index (χ4n) is 3.77. The molecule has 7 nitrogen and oxygen atoms in total. The summed E-state index contributed by atoms with van der Waals surface area (Å²) < 4.78 is 5.06. The molecule has 0 unspecified atom stereocenters. The summed E-state index contributed by atoms with van der Waals surface area (Å²) >= 11 is 1.39. The molecule has 1 fully saturated rings. The van der Waals surface area contributed by atoms with Crippen molar-refractivity contribution >= 4 is 35.0 Å². The molecule has 0 saturated carbocycles. The number of nitrogens with zero attached hydrogens (tertiary/aromatic N) is 4. The first kappa shape index (κ1) is 25.5. The van der Waals surface area contributed by atoms with Crippen LogP contribution in [0.4, 0.5) is 5.69 Å². The molecule has 2 aromatic rings. The van der Waals surface area contributed by atoms with Crippen LogP contribution < -0.4 is 5.32 Å². The van der Waals surface area contributed by atoms with E-state index in [4.69, 9.17) is 9.73 Å². The number of piperidine rings is 1. The van der Waals surface area contributed by atoms with Crippen LogP contribution in [0.2, 0.25) is 0 Å². The molecule has 0 spiro atoms. The van der Waals surface area contributed by atoms with Gasteiger partial charge in [-0.15, -0.1) is 11.3 Å². The second-order valence-electron chi connectivity index (χ2n) is 8.34. The van der Waals surface area contributed by atoms with Crippen LogP contribution in [0.15, 0.2) is 41.9 Å². The first-order valence-electron chi connectivity index (χ1n) is 11.6. The number of thiophene rings is 1. The maximum atomic E-state index is 12.8. The minimum Gasteiger partial charge on any atom is -0.385 e. The third-order valence-electron chi connectivity index (χ3n) is 5.77. The summed E-state index contributed by atoms with van der Waals surface area (Å²) in [5, 5.41) is 12.4. The van der Waals surface area contributed by atoms with E-state index in [0.717, 1.165) is 41.3 Å². The fraction of sp³-hybridized carbons (Fsp3) is 0.423. The topological polar surface area (TPSA) is 81.0 Å². The average Bonchev–Trinajstić information content (AvgIpc) is 3.30. The van der Waals surface area contributed by atoms with Crippen molar-refractivity contribution < 1.29 is 9.53 Å². The van der Waals surface area contributed by atoms with E-state index in [2.05, 4.69) is 22.9 Å². The van der Waals surface area contributed by atoms with Gasteiger partial charge in [0.15, 0.2) is 0 Å². The highest BCUT2D eigenvalue weighted by Crippen LogP contribution is 2.36. The Balaban J connectivity index is 1.81. The lowest BCUT2D eigenvalue weighted by atomic mass is 10.1. The molecule has 0 aliphatic carbocycles. The summed E-state index contributed by atoms with van der Waals surface area (Å²) in [6.45, 7) is 8.01. The number of nitrogens with one attached hydrogen (secondary N) is 1. The first-order valence-corrected chi connectivity index (χ1v) is 12.4. The normalized spacial score (nSPS) is 13.6. The van der Waals surface area contributed by atoms with E-state index < -0.39 is 0 Å². The molecule has 180 valence electrons. The monoisotopic (exact) mass is 479 g/mol. The quantitative estimate of drug-likeness (QED) is 0.289. The number of likely N-dealkylation sites (tertiary alicyclic amines) is 1. The van der Waals surface area contributed by atoms with Gasteiger partial charge in [-0.05, 0) is 43.4 Å². The van der Waals surface area contributed by atoms with E-state index >= 15 is 0 Å². The predicted molar refractivity (Wildman–Crippen MR) is 138 cm³/mol. The number of amides is 1. The van der Waals surface area contributed by atoms with Gasteiger partial charge in [0, 0.05) is 52.6 Å². The lowest BCUT2D eigenvalue weighted by Crippen LogP contribution is -2.28. The molecule has 1 N–H and O–H groups in total. The van der Waals surface area contributed by atoms with Crippen molar-refractivity contribution in [2.75, 3.05) is 40.4 Å². The van der Waals surface area contributed by atoms with Crippen molar-refractivity contribution in [1.82, 2.24) is 15.1 Å². The third-order valence-corrected chi connectivity index (χ3v) is 6.94. The molecule has 1 aliphatic heterocycles. The van der Waals surface area contributed by atoms with Crippen LogP contribution in [0, 0.1) is 11.3 Å². The summed E-state index contributed by atoms with van der Waals surface area (Å²) in [5.41, 5.74) is 3.08. The van der Waals surface area contributed by atoms with Gasteiger partial charge < -0.3 is 19.9 Å². The molecular weight excluding hydrogens is 446 g/mol. The third kappa shape index (κ3) is 6.92. The average molecular weight is 480 g/mol. The lowest BCUT2D eigenvalue weighted by molar-refractivity contribution is 0.0952. The lowest BCUT2D eigenvalue weighted by Gasteiger charge is -2.24. The highest BCUT2D eigenvalue weighted by Gasteiger charge is 2.19. The summed E-state index contributed by atoms with van der Waals surface area (Å²) in [5.74, 6) is -0.118. The van der Waals surface area contributed by atoms with Crippen LogP contribution in [0.1, 0.15) is 51.4 Å². The van der Waals surface area contributed by atoms with Crippen molar-refractivity contribution in [2.24, 2.45) is 4.99 Å². The number of benzene rings is 1. The maximum Gasteiger partial charge on any atom is 0.261 e. The zero-order valence-electron chi connectivity index (χ0n) is 20.0. The summed E-state index contributed by atoms with van der Waals surface area (Å²) in [6.07, 6.45) is 6.25. The van der Waals surface area contributed by atoms with E-state index in [1.54, 1.807) is 7.11 Å². The Morgan fingerprint density at radius 1 is 1.35 bits per heavy atom. The molecule has 0 radical (unpaired) electrons. The number of methoxy groups -OCH3 is 1. The second-order valence-corrected chi connectivity index (χ2v) is 9.39. The highest BCUT2D eigenvalue weighted by molar-refractivity contribution is 7.15. The second kappa shape index (κ2) is 12.9. The summed E-state index contributed by atoms with van der Waals surface area (Å²) in [6, 6.07) is 11.6. The van der Waals surface area contributed by atoms with E-state index in [1.165, 1.54) is 30.6 Å². The van der Waals surface area contributed by atoms with Crippen LogP contribution in [0.25, 0.3) is 5.70 Å². The van der Waals surface area contributed by atoms with Crippen molar-refractivity contribution in [3.63, 3.8) is 0 Å². The van der Waals surface area contributed by atoms with E-state index in [9.17, 15) is 10.1 Å². The highest BCUT2D eigenvalue weighted by atomic mass is 32.1. The zero-order valence-corrected chi connectivity index (χ0v) is 20.9. The molecule has 0 bridgehead atoms. The van der Waals surface area contributed by atoms with Crippen molar-refractivity contribution in [2.45, 2.75) is 32.2 Å². The van der Waals surface area contributed by atoms with Crippen LogP contribution in [-0.4, -0.2) is 62.4 Å². The molecule has 0 atom stereocenters. The van der Waals surface area contributed by atoms with Crippen molar-refractivity contribution in [3.05, 3.63) is 57.8 Å². The largest absolute Gasteiger partial charge is 0.385 e. The van der Waals surface area contributed by atoms with Crippen LogP contribution >= 0.6 is 11.3 Å². The molecule has 2 heterocycles. The van der Waals surface area contributed by atoms with E-state index in [1.807, 2.05) is 48.6 Å². The molecule has 1 amide bonds. The zero-order chi connectivity index (χ0) is 24.3. The first-order chi connectivity index (χ1) is 16.5. The Morgan fingerprint density at radius 2 is 2.12 bits per heavy atom. The number of ether oxygens (including phenoxy) is 1. The minimum absolute atomic E-state index is 0.118. The predicted octanol–water partition coefficient (Wildman–Crippen LogP) is 4.63. The molecular formula is C26H33N5O2S. The molecule has 1 aliphatic rings. The number of hydrogen-bond acceptors (Lipinski definition) is 6. The summed E-state index contributed by atoms with van der Waals surface area (Å²) in [7, 11) is 3.59. The van der Waals surface area contributed by atoms with Crippen LogP contribution in [0.5, 0.6) is 0 Å². The number of carbonyl (C=O) groups excluding carboxylic acids is 1. The molecule has 1 saturated heterocycles. The van der Waals surface area contributed by atoms with Gasteiger partial charge in [0.2, 0.25) is 0 Å². The number of rotatable bonds is 11. The Bertz CT molecular complexity index is 1050. The van der Waals surface area contributed by atoms with Gasteiger partial charge in [-0.1, -0.05) is 24.8 Å². The van der Waals surface area contributed by atoms with Gasteiger partial charge >= 0.3 is 0 Å². The van der Waals surface area contributed by atoms with Crippen molar-refractivity contribution in [1.29, 1.82) is 5.26 Å². The Kier molecular flexibility index (Phi) is 9.68. The molecule has 1 aromatic carbocycles. The van der Waals surface area contributed by atoms with Gasteiger partial charge in [0.25, 0.3) is 5.91 Å². The Labute approximate surface area is 206 Å². The van der Waals surface area contributed by atoms with Gasteiger partial charge in [-0.2, -0.15) is 5.26 Å². The van der Waals surface area contributed by atoms with Gasteiger partial charge in [0.1, 0.15) is 0 Å². The summed E-state index contributed by atoms with van der Waals surface area (Å²) in [4.78, 5) is 23.2. The number of carbonyl (C=O) groups is 1. The molecule has 1 aromatic heterocycles. The smallest absolute Gasteiger partial charge is 0.261 e. The SMILES string of the molecule is C=C(c1sc(C(=O)NCCCOC)cc1/N=C/N1CCCCC1)N(C)Cc1ccccc1C#N. The van der Waals surface area contributed by atoms with Crippen LogP contribution in [0.3, 0.4) is 0 Å². The van der Waals surface area contributed by atoms with Crippen LogP contribution in [-0.2, 0) is 11.3 Å². The number of nitriles is 1. The van der Waals surface area contributed by atoms with Gasteiger partial charge in [-0.25, -0.2) is 4.99 Å². The van der Waals surface area contributed by atoms with E-state index in [-0.39, 0.29) is 5.91 Å². The molecule has 34 heavy (non-hydrogen) atoms. The Hall–Kier alpha value is -3.15. The molecule has 8 heteroatoms. The molecule has 3 rings (SSSR count). The maximum absolute atomic E-state index is 12.8. The van der Waals surface area contributed by atoms with Crippen molar-refractivity contribution in [3.8, 4) is 6.07 Å². The van der Waals surface area contributed by atoms with Gasteiger partial charge in [-0.3, -0.25) is 4.79 Å². The van der Waals surface area contributed by atoms with E-state index in [0.29, 0.717) is 30.1 Å². The number of aliphatic imine (C=N–C) groups is 1. The van der Waals surface area contributed by atoms with Gasteiger partial charge in [0.05, 0.1) is 33.4 Å². The Morgan fingerprint density at radius 3 is 2.85 bits per heavy atom. The standard InChI is InChI=1S/C26H33N5O2S/c1-20(30(2)18-22-11-6-5-10-21(22)17-27)25-23(29-19-31-13-7-4-8-14-31)16-24(34-25)26(32)28-12-9-15-33-3/h5-6,10-11,16,19H,1,4,7-9,12-15,18H2,2-3H3,(H,28,32)/b29-19+. The minimum atomic E-state index is -0.118.